The molecule has 0 aromatic carbocycles. The molecule has 0 radical (unpaired) electrons. The standard InChI is InChI=1S/C11H18N2OS/c1-10(15(2)14)9-12-8-6-11-5-3-4-7-13-11/h3-5,7,10,12H,6,8-9H2,1-2H3. The lowest BCUT2D eigenvalue weighted by molar-refractivity contribution is 0.644. The van der Waals surface area contributed by atoms with Crippen LogP contribution in [0.15, 0.2) is 24.4 Å². The quantitative estimate of drug-likeness (QED) is 0.735. The Hall–Kier alpha value is -0.740. The summed E-state index contributed by atoms with van der Waals surface area (Å²) in [5.41, 5.74) is 1.09. The second-order valence-corrected chi connectivity index (χ2v) is 5.39. The second-order valence-electron chi connectivity index (χ2n) is 3.58. The summed E-state index contributed by atoms with van der Waals surface area (Å²) in [6.45, 7) is 3.68. The molecule has 0 fully saturated rings. The van der Waals surface area contributed by atoms with Crippen LogP contribution in [0.5, 0.6) is 0 Å². The van der Waals surface area contributed by atoms with Crippen molar-refractivity contribution in [3.05, 3.63) is 30.1 Å². The van der Waals surface area contributed by atoms with Crippen LogP contribution in [0.25, 0.3) is 0 Å². The van der Waals surface area contributed by atoms with E-state index in [0.717, 1.165) is 25.2 Å². The molecule has 0 amide bonds. The van der Waals surface area contributed by atoms with Gasteiger partial charge in [0.1, 0.15) is 0 Å². The van der Waals surface area contributed by atoms with Gasteiger partial charge in [0.2, 0.25) is 0 Å². The van der Waals surface area contributed by atoms with Gasteiger partial charge >= 0.3 is 0 Å². The van der Waals surface area contributed by atoms with Crippen LogP contribution in [-0.2, 0) is 17.2 Å². The van der Waals surface area contributed by atoms with Crippen molar-refractivity contribution in [3.63, 3.8) is 0 Å². The van der Waals surface area contributed by atoms with E-state index in [-0.39, 0.29) is 5.25 Å². The Bertz CT molecular complexity index is 303. The summed E-state index contributed by atoms with van der Waals surface area (Å²) in [4.78, 5) is 4.23. The van der Waals surface area contributed by atoms with E-state index in [2.05, 4.69) is 10.3 Å². The van der Waals surface area contributed by atoms with E-state index >= 15 is 0 Å². The zero-order valence-corrected chi connectivity index (χ0v) is 10.1. The fourth-order valence-electron chi connectivity index (χ4n) is 1.19. The number of nitrogens with one attached hydrogen (secondary N) is 1. The molecule has 0 aliphatic carbocycles. The highest BCUT2D eigenvalue weighted by Gasteiger charge is 2.04. The molecule has 1 aromatic heterocycles. The van der Waals surface area contributed by atoms with E-state index in [1.54, 1.807) is 12.5 Å². The molecule has 1 N–H and O–H groups in total. The molecular weight excluding hydrogens is 208 g/mol. The molecule has 2 unspecified atom stereocenters. The monoisotopic (exact) mass is 226 g/mol. The largest absolute Gasteiger partial charge is 0.315 e. The zero-order valence-electron chi connectivity index (χ0n) is 9.27. The van der Waals surface area contributed by atoms with Crippen LogP contribution in [0.2, 0.25) is 0 Å². The van der Waals surface area contributed by atoms with Crippen molar-refractivity contribution in [1.29, 1.82) is 0 Å². The number of pyridine rings is 1. The number of aromatic nitrogens is 1. The van der Waals surface area contributed by atoms with Crippen LogP contribution in [0.1, 0.15) is 12.6 Å². The van der Waals surface area contributed by atoms with Gasteiger partial charge in [-0.3, -0.25) is 9.19 Å². The van der Waals surface area contributed by atoms with Gasteiger partial charge in [-0.1, -0.05) is 6.07 Å². The molecule has 1 aromatic rings. The lowest BCUT2D eigenvalue weighted by atomic mass is 10.3. The summed E-state index contributed by atoms with van der Waals surface area (Å²) >= 11 is 0. The molecule has 0 aliphatic rings. The van der Waals surface area contributed by atoms with Crippen LogP contribution in [0, 0.1) is 0 Å². The van der Waals surface area contributed by atoms with Gasteiger partial charge < -0.3 is 5.32 Å². The highest BCUT2D eigenvalue weighted by atomic mass is 32.2. The minimum Gasteiger partial charge on any atom is -0.315 e. The molecule has 0 aliphatic heterocycles. The van der Waals surface area contributed by atoms with Gasteiger partial charge in [-0.05, 0) is 19.1 Å². The molecule has 0 spiro atoms. The van der Waals surface area contributed by atoms with Crippen LogP contribution in [0.4, 0.5) is 0 Å². The first kappa shape index (κ1) is 12.3. The molecule has 1 heterocycles. The highest BCUT2D eigenvalue weighted by Crippen LogP contribution is 1.94. The Morgan fingerprint density at radius 2 is 2.33 bits per heavy atom. The summed E-state index contributed by atoms with van der Waals surface area (Å²) in [5.74, 6) is 0. The van der Waals surface area contributed by atoms with Crippen LogP contribution in [0.3, 0.4) is 0 Å². The Morgan fingerprint density at radius 1 is 1.53 bits per heavy atom. The van der Waals surface area contributed by atoms with Crippen molar-refractivity contribution in [2.75, 3.05) is 19.3 Å². The average Bonchev–Trinajstić information content (AvgIpc) is 2.25. The first-order chi connectivity index (χ1) is 7.20. The van der Waals surface area contributed by atoms with Gasteiger partial charge in [-0.2, -0.15) is 0 Å². The molecule has 0 saturated carbocycles. The van der Waals surface area contributed by atoms with Gasteiger partial charge in [-0.25, -0.2) is 0 Å². The number of nitrogens with zero attached hydrogens (tertiary/aromatic N) is 1. The van der Waals surface area contributed by atoms with Gasteiger partial charge in [0, 0.05) is 53.7 Å². The number of hydrogen-bond donors (Lipinski definition) is 1. The minimum absolute atomic E-state index is 0.216. The summed E-state index contributed by atoms with van der Waals surface area (Å²) in [6, 6.07) is 5.92. The Morgan fingerprint density at radius 3 is 2.93 bits per heavy atom. The van der Waals surface area contributed by atoms with Crippen molar-refractivity contribution < 1.29 is 4.21 Å². The third-order valence-electron chi connectivity index (χ3n) is 2.28. The maximum atomic E-state index is 11.1. The summed E-state index contributed by atoms with van der Waals surface area (Å²) in [5, 5.41) is 3.50. The average molecular weight is 226 g/mol. The Labute approximate surface area is 93.8 Å². The van der Waals surface area contributed by atoms with E-state index in [1.165, 1.54) is 0 Å². The predicted molar refractivity (Wildman–Crippen MR) is 64.3 cm³/mol. The first-order valence-electron chi connectivity index (χ1n) is 5.13. The fourth-order valence-corrected chi connectivity index (χ4v) is 1.54. The Balaban J connectivity index is 2.15. The molecule has 0 bridgehead atoms. The smallest absolute Gasteiger partial charge is 0.0441 e. The van der Waals surface area contributed by atoms with Crippen LogP contribution >= 0.6 is 0 Å². The molecule has 84 valence electrons. The molecule has 1 rings (SSSR count). The molecule has 15 heavy (non-hydrogen) atoms. The van der Waals surface area contributed by atoms with Crippen molar-refractivity contribution in [2.45, 2.75) is 18.6 Å². The topological polar surface area (TPSA) is 42.0 Å². The predicted octanol–water partition coefficient (Wildman–Crippen LogP) is 0.981. The lowest BCUT2D eigenvalue weighted by Crippen LogP contribution is -2.29. The normalized spacial score (nSPS) is 14.8. The van der Waals surface area contributed by atoms with E-state index in [1.807, 2.05) is 25.1 Å². The van der Waals surface area contributed by atoms with E-state index < -0.39 is 10.8 Å². The van der Waals surface area contributed by atoms with Crippen molar-refractivity contribution in [3.8, 4) is 0 Å². The summed E-state index contributed by atoms with van der Waals surface area (Å²) < 4.78 is 11.1. The van der Waals surface area contributed by atoms with Gasteiger partial charge in [0.25, 0.3) is 0 Å². The van der Waals surface area contributed by atoms with Crippen LogP contribution in [-0.4, -0.2) is 33.8 Å². The third kappa shape index (κ3) is 5.04. The number of hydrogen-bond acceptors (Lipinski definition) is 3. The maximum absolute atomic E-state index is 11.1. The molecule has 3 nitrogen and oxygen atoms in total. The molecule has 2 atom stereocenters. The van der Waals surface area contributed by atoms with E-state index in [9.17, 15) is 4.21 Å². The highest BCUT2D eigenvalue weighted by molar-refractivity contribution is 7.84. The van der Waals surface area contributed by atoms with Crippen molar-refractivity contribution in [1.82, 2.24) is 10.3 Å². The zero-order chi connectivity index (χ0) is 11.1. The van der Waals surface area contributed by atoms with Crippen molar-refractivity contribution in [2.24, 2.45) is 0 Å². The fraction of sp³-hybridized carbons (Fsp3) is 0.545. The lowest BCUT2D eigenvalue weighted by Gasteiger charge is -2.09. The van der Waals surface area contributed by atoms with Gasteiger partial charge in [0.05, 0.1) is 0 Å². The third-order valence-corrected chi connectivity index (χ3v) is 3.58. The number of rotatable bonds is 6. The van der Waals surface area contributed by atoms with E-state index in [0.29, 0.717) is 0 Å². The molecule has 4 heteroatoms. The maximum Gasteiger partial charge on any atom is 0.0441 e. The van der Waals surface area contributed by atoms with Crippen LogP contribution < -0.4 is 5.32 Å². The molecular formula is C11H18N2OS. The summed E-state index contributed by atoms with van der Waals surface area (Å²) in [6.07, 6.45) is 4.47. The SMILES string of the molecule is CC(CNCCc1ccccn1)S(C)=O. The molecule has 0 saturated heterocycles. The first-order valence-corrected chi connectivity index (χ1v) is 6.75. The van der Waals surface area contributed by atoms with Gasteiger partial charge in [-0.15, -0.1) is 0 Å². The minimum atomic E-state index is -0.736. The second kappa shape index (κ2) is 6.69. The van der Waals surface area contributed by atoms with Gasteiger partial charge in [0.15, 0.2) is 0 Å². The van der Waals surface area contributed by atoms with Crippen molar-refractivity contribution >= 4 is 10.8 Å². The Kier molecular flexibility index (Phi) is 5.50. The summed E-state index contributed by atoms with van der Waals surface area (Å²) in [7, 11) is -0.736. The van der Waals surface area contributed by atoms with E-state index in [4.69, 9.17) is 0 Å².